The van der Waals surface area contributed by atoms with E-state index in [9.17, 15) is 24.5 Å². The molecule has 45 heavy (non-hydrogen) atoms. The highest BCUT2D eigenvalue weighted by Gasteiger charge is 2.50. The lowest BCUT2D eigenvalue weighted by Crippen LogP contribution is -2.62. The van der Waals surface area contributed by atoms with Crippen LogP contribution in [0.1, 0.15) is 24.2 Å². The molecule has 1 aromatic rings. The van der Waals surface area contributed by atoms with Crippen molar-refractivity contribution in [3.63, 3.8) is 0 Å². The van der Waals surface area contributed by atoms with Gasteiger partial charge in [-0.1, -0.05) is 5.21 Å². The quantitative estimate of drug-likeness (QED) is 0.0800. The lowest BCUT2D eigenvalue weighted by atomic mass is 9.96. The van der Waals surface area contributed by atoms with Gasteiger partial charge in [-0.05, 0) is 43.4 Å². The molecule has 8 unspecified atom stereocenters. The maximum atomic E-state index is 12.0. The maximum Gasteiger partial charge on any atom is 0.407 e. The number of aryl methyl sites for hydroxylation is 1. The van der Waals surface area contributed by atoms with Crippen LogP contribution in [0.2, 0.25) is 0 Å². The number of aliphatic hydroxyl groups excluding tert-OH is 2. The molecule has 3 aliphatic rings. The molecule has 1 saturated carbocycles. The zero-order chi connectivity index (χ0) is 32.4. The Morgan fingerprint density at radius 1 is 1.07 bits per heavy atom. The minimum absolute atomic E-state index is 0.0445. The Labute approximate surface area is 263 Å². The Morgan fingerprint density at radius 3 is 2.56 bits per heavy atom. The van der Waals surface area contributed by atoms with Crippen molar-refractivity contribution in [2.24, 2.45) is 17.8 Å². The predicted octanol–water partition coefficient (Wildman–Crippen LogP) is -1.51. The van der Waals surface area contributed by atoms with Crippen LogP contribution < -0.4 is 5.32 Å². The lowest BCUT2D eigenvalue weighted by molar-refractivity contribution is -0.368. The van der Waals surface area contributed by atoms with Gasteiger partial charge in [-0.15, -0.1) is 10.2 Å². The van der Waals surface area contributed by atoms with E-state index in [0.717, 1.165) is 48.8 Å². The number of aromatic nitrogens is 3. The summed E-state index contributed by atoms with van der Waals surface area (Å²) < 4.78 is 45.1. The molecular formula is C26H47BN5O12P. The molecule has 0 bridgehead atoms. The molecule has 2 heterocycles. The zero-order valence-electron chi connectivity index (χ0n) is 26.2. The summed E-state index contributed by atoms with van der Waals surface area (Å²) in [5, 5.41) is 33.3. The number of morpholine rings is 1. The fourth-order valence-electron chi connectivity index (χ4n) is 5.83. The first-order valence-corrected chi connectivity index (χ1v) is 17.5. The molecule has 1 aromatic heterocycles. The molecule has 0 spiro atoms. The third kappa shape index (κ3) is 10.9. The van der Waals surface area contributed by atoms with Crippen LogP contribution in [-0.4, -0.2) is 147 Å². The molecule has 4 N–H and O–H groups in total. The van der Waals surface area contributed by atoms with Gasteiger partial charge in [0.15, 0.2) is 12.5 Å². The topological polar surface area (TPSA) is 205 Å². The summed E-state index contributed by atoms with van der Waals surface area (Å²) in [5.41, 5.74) is 2.10. The second-order valence-corrected chi connectivity index (χ2v) is 13.4. The standard InChI is InChI=1S/C26H47BN5O12P/c1-38-11-12-39-9-7-28-26(35)41-15-19-17-3-5-20-21(6-4-18(17)19)31(30-29-20)8-10-40-13-14-42-32-24(33)22(16-43-45(2,36)37)44-23(27)25(32)34/h17-19,22-25,33-34H,3-16,27H2,1-2H3,(H,28,35)(H,36,37). The molecule has 0 aromatic carbocycles. The first kappa shape index (κ1) is 36.1. The Hall–Kier alpha value is -1.70. The van der Waals surface area contributed by atoms with Crippen molar-refractivity contribution in [1.29, 1.82) is 0 Å². The van der Waals surface area contributed by atoms with E-state index in [2.05, 4.69) is 15.6 Å². The summed E-state index contributed by atoms with van der Waals surface area (Å²) in [6.07, 6.45) is -0.451. The molecule has 2 fully saturated rings. The molecule has 0 radical (unpaired) electrons. The smallest absolute Gasteiger partial charge is 0.407 e. The lowest BCUT2D eigenvalue weighted by Gasteiger charge is -2.43. The summed E-state index contributed by atoms with van der Waals surface area (Å²) in [4.78, 5) is 27.0. The van der Waals surface area contributed by atoms with Crippen LogP contribution in [0, 0.1) is 17.8 Å². The van der Waals surface area contributed by atoms with Gasteiger partial charge in [-0.3, -0.25) is 9.40 Å². The number of carbonyl (C=O) groups excluding carboxylic acids is 1. The number of rotatable bonds is 18. The Morgan fingerprint density at radius 2 is 1.80 bits per heavy atom. The first-order chi connectivity index (χ1) is 21.6. The number of hydroxylamine groups is 2. The third-order valence-corrected chi connectivity index (χ3v) is 8.90. The van der Waals surface area contributed by atoms with Crippen molar-refractivity contribution in [3.8, 4) is 0 Å². The number of hydrogen-bond acceptors (Lipinski definition) is 14. The highest BCUT2D eigenvalue weighted by Crippen LogP contribution is 2.52. The average molecular weight is 663 g/mol. The monoisotopic (exact) mass is 663 g/mol. The minimum Gasteiger partial charge on any atom is -0.449 e. The van der Waals surface area contributed by atoms with Crippen molar-refractivity contribution in [1.82, 2.24) is 25.4 Å². The van der Waals surface area contributed by atoms with Crippen LogP contribution in [0.5, 0.6) is 0 Å². The number of carbonyl (C=O) groups is 1. The van der Waals surface area contributed by atoms with Gasteiger partial charge in [0.05, 0.1) is 76.8 Å². The van der Waals surface area contributed by atoms with E-state index in [1.54, 1.807) is 15.0 Å². The molecule has 1 amide bonds. The summed E-state index contributed by atoms with van der Waals surface area (Å²) >= 11 is 0. The van der Waals surface area contributed by atoms with Crippen molar-refractivity contribution in [3.05, 3.63) is 11.4 Å². The van der Waals surface area contributed by atoms with Crippen molar-refractivity contribution >= 4 is 21.5 Å². The van der Waals surface area contributed by atoms with Crippen LogP contribution in [0.15, 0.2) is 0 Å². The summed E-state index contributed by atoms with van der Waals surface area (Å²) in [6, 6.07) is -0.736. The Bertz CT molecular complexity index is 1110. The number of ether oxygens (including phenoxy) is 5. The van der Waals surface area contributed by atoms with Crippen LogP contribution in [0.3, 0.4) is 0 Å². The molecule has 8 atom stereocenters. The number of aliphatic hydroxyl groups is 2. The number of nitrogens with one attached hydrogen (secondary N) is 1. The maximum absolute atomic E-state index is 12.0. The number of amides is 1. The normalized spacial score (nSPS) is 29.6. The van der Waals surface area contributed by atoms with Gasteiger partial charge in [-0.2, -0.15) is 0 Å². The molecule has 2 aliphatic carbocycles. The van der Waals surface area contributed by atoms with Crippen molar-refractivity contribution in [2.45, 2.75) is 56.8 Å². The van der Waals surface area contributed by atoms with Gasteiger partial charge in [0, 0.05) is 20.3 Å². The van der Waals surface area contributed by atoms with E-state index < -0.39 is 38.3 Å². The molecule has 1 aliphatic heterocycles. The minimum atomic E-state index is -3.77. The number of alkyl carbamates (subject to hydrolysis) is 1. The number of methoxy groups -OCH3 is 1. The van der Waals surface area contributed by atoms with Gasteiger partial charge in [0.1, 0.15) is 14.0 Å². The second-order valence-electron chi connectivity index (χ2n) is 11.5. The number of nitrogens with zero attached hydrogens (tertiary/aromatic N) is 4. The second kappa shape index (κ2) is 17.5. The number of hydrogen-bond donors (Lipinski definition) is 4. The van der Waals surface area contributed by atoms with Crippen LogP contribution in [0.4, 0.5) is 4.79 Å². The fraction of sp³-hybridized carbons (Fsp3) is 0.885. The number of fused-ring (bicyclic) bond motifs is 2. The summed E-state index contributed by atoms with van der Waals surface area (Å²) in [5.74, 6) is 1.39. The highest BCUT2D eigenvalue weighted by atomic mass is 31.2. The predicted molar refractivity (Wildman–Crippen MR) is 159 cm³/mol. The zero-order valence-corrected chi connectivity index (χ0v) is 27.1. The van der Waals surface area contributed by atoms with Gasteiger partial charge < -0.3 is 48.6 Å². The van der Waals surface area contributed by atoms with Gasteiger partial charge in [0.25, 0.3) is 0 Å². The summed E-state index contributed by atoms with van der Waals surface area (Å²) in [7, 11) is -0.570. The van der Waals surface area contributed by atoms with Gasteiger partial charge in [-0.25, -0.2) is 9.48 Å². The highest BCUT2D eigenvalue weighted by molar-refractivity contribution is 7.51. The fourth-order valence-corrected chi connectivity index (χ4v) is 6.25. The van der Waals surface area contributed by atoms with Gasteiger partial charge >= 0.3 is 13.7 Å². The van der Waals surface area contributed by atoms with Crippen LogP contribution in [-0.2, 0) is 57.0 Å². The summed E-state index contributed by atoms with van der Waals surface area (Å²) in [6.45, 7) is 4.00. The first-order valence-electron chi connectivity index (χ1n) is 15.4. The molecule has 256 valence electrons. The van der Waals surface area contributed by atoms with E-state index in [4.69, 9.17) is 33.0 Å². The molecular weight excluding hydrogens is 616 g/mol. The SMILES string of the molecule is BC1OC(COP(C)(=O)O)C(O)N(OCCOCCn2nnc3c2CCC2C(CC3)C2COC(=O)NCCOCCOC)C1O. The van der Waals surface area contributed by atoms with E-state index >= 15 is 0 Å². The van der Waals surface area contributed by atoms with E-state index in [1.807, 2.05) is 4.68 Å². The Kier molecular flexibility index (Phi) is 14.0. The average Bonchev–Trinajstić information content (AvgIpc) is 3.50. The largest absolute Gasteiger partial charge is 0.449 e. The van der Waals surface area contributed by atoms with Crippen molar-refractivity contribution in [2.75, 3.05) is 73.2 Å². The van der Waals surface area contributed by atoms with Crippen molar-refractivity contribution < 1.29 is 57.5 Å². The Balaban J connectivity index is 1.12. The third-order valence-electron chi connectivity index (χ3n) is 8.27. The van der Waals surface area contributed by atoms with Crippen LogP contribution in [0.25, 0.3) is 0 Å². The molecule has 4 rings (SSSR count). The molecule has 1 saturated heterocycles. The van der Waals surface area contributed by atoms with Gasteiger partial charge in [0.2, 0.25) is 0 Å². The molecule has 17 nitrogen and oxygen atoms in total. The van der Waals surface area contributed by atoms with E-state index in [0.29, 0.717) is 63.9 Å². The van der Waals surface area contributed by atoms with E-state index in [1.165, 1.54) is 0 Å². The molecule has 19 heteroatoms. The van der Waals surface area contributed by atoms with E-state index in [-0.39, 0.29) is 19.8 Å². The van der Waals surface area contributed by atoms with Crippen LogP contribution >= 0.6 is 7.60 Å².